The highest BCUT2D eigenvalue weighted by Gasteiger charge is 2.32. The molecular weight excluding hydrogens is 348 g/mol. The Hall–Kier alpha value is -3.34. The van der Waals surface area contributed by atoms with Gasteiger partial charge in [-0.15, -0.1) is 0 Å². The molecule has 8 nitrogen and oxygen atoms in total. The first-order valence-corrected chi connectivity index (χ1v) is 8.60. The fraction of sp³-hybridized carbons (Fsp3) is 0.368. The SMILES string of the molecule is COc1cc2c(OC[C@@H]3CC(CCC#N)C(=O)N3)nccc2cc1C(N)=O. The largest absolute Gasteiger partial charge is 0.496 e. The van der Waals surface area contributed by atoms with Gasteiger partial charge in [-0.2, -0.15) is 5.26 Å². The Balaban J connectivity index is 1.77. The molecule has 140 valence electrons. The van der Waals surface area contributed by atoms with Crippen LogP contribution in [0.25, 0.3) is 10.8 Å². The van der Waals surface area contributed by atoms with Crippen LogP contribution >= 0.6 is 0 Å². The normalized spacial score (nSPS) is 18.7. The fourth-order valence-corrected chi connectivity index (χ4v) is 3.26. The summed E-state index contributed by atoms with van der Waals surface area (Å²) in [6, 6.07) is 6.99. The van der Waals surface area contributed by atoms with Crippen molar-refractivity contribution in [1.82, 2.24) is 10.3 Å². The molecule has 2 atom stereocenters. The second kappa shape index (κ2) is 7.91. The van der Waals surface area contributed by atoms with Crippen LogP contribution in [0.15, 0.2) is 24.4 Å². The minimum absolute atomic E-state index is 0.0440. The number of primary amides is 1. The molecule has 2 amide bonds. The van der Waals surface area contributed by atoms with Crippen LogP contribution in [0.3, 0.4) is 0 Å². The average Bonchev–Trinajstić information content (AvgIpc) is 3.02. The van der Waals surface area contributed by atoms with Gasteiger partial charge in [-0.25, -0.2) is 4.98 Å². The number of aromatic nitrogens is 1. The Morgan fingerprint density at radius 3 is 3.00 bits per heavy atom. The highest BCUT2D eigenvalue weighted by atomic mass is 16.5. The van der Waals surface area contributed by atoms with Crippen molar-refractivity contribution in [2.45, 2.75) is 25.3 Å². The molecule has 0 radical (unpaired) electrons. The lowest BCUT2D eigenvalue weighted by atomic mass is 10.00. The number of nitrogens with zero attached hydrogens (tertiary/aromatic N) is 2. The Kier molecular flexibility index (Phi) is 5.41. The van der Waals surface area contributed by atoms with Gasteiger partial charge in [0.05, 0.1) is 24.8 Å². The molecule has 1 fully saturated rings. The second-order valence-corrected chi connectivity index (χ2v) is 6.40. The summed E-state index contributed by atoms with van der Waals surface area (Å²) in [5, 5.41) is 13.0. The Morgan fingerprint density at radius 2 is 2.30 bits per heavy atom. The number of carbonyl (C=O) groups is 2. The van der Waals surface area contributed by atoms with Gasteiger partial charge < -0.3 is 20.5 Å². The van der Waals surface area contributed by atoms with E-state index >= 15 is 0 Å². The summed E-state index contributed by atoms with van der Waals surface area (Å²) in [6.45, 7) is 0.265. The first-order chi connectivity index (χ1) is 13.0. The van der Waals surface area contributed by atoms with Crippen molar-refractivity contribution in [3.63, 3.8) is 0 Å². The maximum Gasteiger partial charge on any atom is 0.252 e. The van der Waals surface area contributed by atoms with Gasteiger partial charge in [0.2, 0.25) is 11.8 Å². The van der Waals surface area contributed by atoms with Crippen LogP contribution < -0.4 is 20.5 Å². The topological polar surface area (TPSA) is 127 Å². The van der Waals surface area contributed by atoms with Crippen LogP contribution in [-0.4, -0.2) is 36.6 Å². The molecule has 3 rings (SSSR count). The minimum atomic E-state index is -0.579. The van der Waals surface area contributed by atoms with Gasteiger partial charge in [0.15, 0.2) is 0 Å². The molecule has 1 aliphatic heterocycles. The molecule has 1 unspecified atom stereocenters. The summed E-state index contributed by atoms with van der Waals surface area (Å²) in [7, 11) is 1.46. The van der Waals surface area contributed by atoms with Gasteiger partial charge in [-0.3, -0.25) is 9.59 Å². The molecule has 2 heterocycles. The van der Waals surface area contributed by atoms with Gasteiger partial charge in [-0.05, 0) is 36.4 Å². The number of benzene rings is 1. The van der Waals surface area contributed by atoms with Gasteiger partial charge in [0.25, 0.3) is 5.91 Å². The Bertz CT molecular complexity index is 922. The van der Waals surface area contributed by atoms with Crippen molar-refractivity contribution in [3.8, 4) is 17.7 Å². The van der Waals surface area contributed by atoms with Crippen LogP contribution in [-0.2, 0) is 4.79 Å². The van der Waals surface area contributed by atoms with E-state index in [4.69, 9.17) is 20.5 Å². The van der Waals surface area contributed by atoms with E-state index in [2.05, 4.69) is 16.4 Å². The molecule has 1 aromatic heterocycles. The van der Waals surface area contributed by atoms with Gasteiger partial charge in [0.1, 0.15) is 12.4 Å². The Morgan fingerprint density at radius 1 is 1.48 bits per heavy atom. The lowest BCUT2D eigenvalue weighted by Crippen LogP contribution is -2.31. The first-order valence-electron chi connectivity index (χ1n) is 8.60. The first kappa shape index (κ1) is 18.5. The highest BCUT2D eigenvalue weighted by Crippen LogP contribution is 2.31. The number of pyridine rings is 1. The maximum atomic E-state index is 11.9. The van der Waals surface area contributed by atoms with Crippen LogP contribution in [0.5, 0.6) is 11.6 Å². The van der Waals surface area contributed by atoms with E-state index in [-0.39, 0.29) is 30.0 Å². The second-order valence-electron chi connectivity index (χ2n) is 6.40. The molecule has 0 spiro atoms. The number of hydrogen-bond acceptors (Lipinski definition) is 6. The number of hydrogen-bond donors (Lipinski definition) is 2. The number of fused-ring (bicyclic) bond motifs is 1. The molecule has 1 aromatic carbocycles. The fourth-order valence-electron chi connectivity index (χ4n) is 3.26. The van der Waals surface area contributed by atoms with E-state index in [1.165, 1.54) is 7.11 Å². The number of rotatable bonds is 7. The van der Waals surface area contributed by atoms with Crippen LogP contribution in [0.2, 0.25) is 0 Å². The molecule has 3 N–H and O–H groups in total. The zero-order chi connectivity index (χ0) is 19.4. The van der Waals surface area contributed by atoms with E-state index in [1.54, 1.807) is 24.4 Å². The van der Waals surface area contributed by atoms with Crippen LogP contribution in [0.1, 0.15) is 29.6 Å². The number of nitrogens with two attached hydrogens (primary N) is 1. The van der Waals surface area contributed by atoms with Crippen molar-refractivity contribution in [1.29, 1.82) is 5.26 Å². The third kappa shape index (κ3) is 3.92. The standard InChI is InChI=1S/C19H20N4O4/c1-26-16-9-14-11(8-15(16)17(21)24)4-6-22-19(14)27-10-13-7-12(3-2-5-20)18(25)23-13/h4,6,8-9,12-13H,2-3,7,10H2,1H3,(H2,21,24)(H,23,25)/t12?,13-/m0/s1. The Labute approximate surface area is 156 Å². The molecule has 0 bridgehead atoms. The quantitative estimate of drug-likeness (QED) is 0.763. The van der Waals surface area contributed by atoms with Gasteiger partial charge >= 0.3 is 0 Å². The summed E-state index contributed by atoms with van der Waals surface area (Å²) >= 11 is 0. The molecule has 1 aliphatic rings. The molecule has 8 heteroatoms. The molecule has 2 aromatic rings. The van der Waals surface area contributed by atoms with E-state index in [0.29, 0.717) is 36.3 Å². The molecule has 0 aliphatic carbocycles. The van der Waals surface area contributed by atoms with Crippen molar-refractivity contribution in [3.05, 3.63) is 30.0 Å². The summed E-state index contributed by atoms with van der Waals surface area (Å²) in [5.41, 5.74) is 5.68. The van der Waals surface area contributed by atoms with Crippen LogP contribution in [0, 0.1) is 17.2 Å². The molecule has 27 heavy (non-hydrogen) atoms. The summed E-state index contributed by atoms with van der Waals surface area (Å²) in [4.78, 5) is 27.8. The monoisotopic (exact) mass is 368 g/mol. The van der Waals surface area contributed by atoms with Gasteiger partial charge in [0, 0.05) is 23.9 Å². The van der Waals surface area contributed by atoms with Crippen LogP contribution in [0.4, 0.5) is 0 Å². The number of amides is 2. The molecule has 1 saturated heterocycles. The number of nitriles is 1. The van der Waals surface area contributed by atoms with Crippen molar-refractivity contribution in [2.24, 2.45) is 11.7 Å². The predicted molar refractivity (Wildman–Crippen MR) is 97.2 cm³/mol. The van der Waals surface area contributed by atoms with Gasteiger partial charge in [-0.1, -0.05) is 0 Å². The lowest BCUT2D eigenvalue weighted by Gasteiger charge is -2.14. The van der Waals surface area contributed by atoms with E-state index in [0.717, 1.165) is 5.39 Å². The van der Waals surface area contributed by atoms with E-state index in [1.807, 2.05) is 0 Å². The van der Waals surface area contributed by atoms with E-state index in [9.17, 15) is 9.59 Å². The summed E-state index contributed by atoms with van der Waals surface area (Å²) < 4.78 is 11.1. The highest BCUT2D eigenvalue weighted by molar-refractivity contribution is 6.01. The summed E-state index contributed by atoms with van der Waals surface area (Å²) in [6.07, 6.45) is 3.12. The molecular formula is C19H20N4O4. The van der Waals surface area contributed by atoms with E-state index < -0.39 is 5.91 Å². The number of carbonyl (C=O) groups excluding carboxylic acids is 2. The zero-order valence-electron chi connectivity index (χ0n) is 14.9. The smallest absolute Gasteiger partial charge is 0.252 e. The lowest BCUT2D eigenvalue weighted by molar-refractivity contribution is -0.122. The number of methoxy groups -OCH3 is 1. The number of ether oxygens (including phenoxy) is 2. The minimum Gasteiger partial charge on any atom is -0.496 e. The van der Waals surface area contributed by atoms with Crippen molar-refractivity contribution >= 4 is 22.6 Å². The maximum absolute atomic E-state index is 11.9. The average molecular weight is 368 g/mol. The van der Waals surface area contributed by atoms with Crippen molar-refractivity contribution < 1.29 is 19.1 Å². The predicted octanol–water partition coefficient (Wildman–Crippen LogP) is 1.53. The zero-order valence-corrected chi connectivity index (χ0v) is 14.9. The number of nitrogens with one attached hydrogen (secondary N) is 1. The van der Waals surface area contributed by atoms with Crippen molar-refractivity contribution in [2.75, 3.05) is 13.7 Å². The summed E-state index contributed by atoms with van der Waals surface area (Å²) in [5.74, 6) is -0.0466. The third-order valence-corrected chi connectivity index (χ3v) is 4.63. The molecule has 0 saturated carbocycles. The third-order valence-electron chi connectivity index (χ3n) is 4.63.